The number of nitrogens with one attached hydrogen (secondary N) is 2. The fourth-order valence-electron chi connectivity index (χ4n) is 3.57. The fraction of sp³-hybridized carbons (Fsp3) is 0.632. The third-order valence-electron chi connectivity index (χ3n) is 5.14. The van der Waals surface area contributed by atoms with Crippen molar-refractivity contribution < 1.29 is 17.9 Å². The van der Waals surface area contributed by atoms with Crippen LogP contribution in [0, 0.1) is 0 Å². The number of ether oxygens (including phenoxy) is 1. The van der Waals surface area contributed by atoms with Crippen LogP contribution < -0.4 is 10.0 Å². The summed E-state index contributed by atoms with van der Waals surface area (Å²) in [6, 6.07) is 6.35. The number of sulfonamides is 1. The Kier molecular flexibility index (Phi) is 6.67. The van der Waals surface area contributed by atoms with Crippen LogP contribution in [0.1, 0.15) is 61.7 Å². The molecule has 0 unspecified atom stereocenters. The summed E-state index contributed by atoms with van der Waals surface area (Å²) < 4.78 is 32.7. The summed E-state index contributed by atoms with van der Waals surface area (Å²) in [5.74, 6) is -0.131. The van der Waals surface area contributed by atoms with Crippen LogP contribution in [0.2, 0.25) is 0 Å². The fourth-order valence-corrected chi connectivity index (χ4v) is 4.64. The first-order valence-electron chi connectivity index (χ1n) is 9.57. The molecular formula is C19H28N2O4S. The molecule has 7 heteroatoms. The molecule has 6 nitrogen and oxygen atoms in total. The highest BCUT2D eigenvalue weighted by atomic mass is 32.2. The molecule has 0 radical (unpaired) electrons. The summed E-state index contributed by atoms with van der Waals surface area (Å²) in [6.45, 7) is 0.976. The second kappa shape index (κ2) is 8.97. The minimum Gasteiger partial charge on any atom is -0.377 e. The monoisotopic (exact) mass is 380 g/mol. The van der Waals surface area contributed by atoms with Gasteiger partial charge in [-0.3, -0.25) is 4.79 Å². The lowest BCUT2D eigenvalue weighted by atomic mass is 10.1. The molecule has 0 aromatic heterocycles. The number of hydrogen-bond acceptors (Lipinski definition) is 4. The lowest BCUT2D eigenvalue weighted by Gasteiger charge is -2.16. The van der Waals surface area contributed by atoms with E-state index < -0.39 is 10.0 Å². The molecule has 144 valence electrons. The molecular weight excluding hydrogens is 352 g/mol. The van der Waals surface area contributed by atoms with Crippen molar-refractivity contribution in [3.8, 4) is 0 Å². The number of hydrogen-bond donors (Lipinski definition) is 2. The lowest BCUT2D eigenvalue weighted by Crippen LogP contribution is -2.34. The average molecular weight is 381 g/mol. The Morgan fingerprint density at radius 2 is 1.69 bits per heavy atom. The van der Waals surface area contributed by atoms with Crippen LogP contribution in [0.25, 0.3) is 0 Å². The molecule has 2 fully saturated rings. The van der Waals surface area contributed by atoms with E-state index in [0.29, 0.717) is 12.2 Å². The number of carbonyl (C=O) groups is 1. The molecule has 2 aliphatic rings. The first-order valence-corrected chi connectivity index (χ1v) is 11.0. The van der Waals surface area contributed by atoms with E-state index in [-0.39, 0.29) is 29.5 Å². The van der Waals surface area contributed by atoms with Crippen molar-refractivity contribution in [3.63, 3.8) is 0 Å². The summed E-state index contributed by atoms with van der Waals surface area (Å²) in [5, 5.41) is 3.08. The molecule has 1 saturated carbocycles. The minimum absolute atomic E-state index is 0.0469. The molecule has 2 N–H and O–H groups in total. The van der Waals surface area contributed by atoms with Crippen molar-refractivity contribution in [1.82, 2.24) is 10.0 Å². The second-order valence-electron chi connectivity index (χ2n) is 7.17. The van der Waals surface area contributed by atoms with E-state index in [1.807, 2.05) is 0 Å². The Labute approximate surface area is 155 Å². The average Bonchev–Trinajstić information content (AvgIpc) is 3.04. The third kappa shape index (κ3) is 5.28. The zero-order chi connectivity index (χ0) is 18.4. The van der Waals surface area contributed by atoms with Crippen LogP contribution >= 0.6 is 0 Å². The van der Waals surface area contributed by atoms with Gasteiger partial charge in [0, 0.05) is 24.8 Å². The number of rotatable bonds is 6. The van der Waals surface area contributed by atoms with Gasteiger partial charge in [-0.2, -0.15) is 0 Å². The summed E-state index contributed by atoms with van der Waals surface area (Å²) in [7, 11) is -3.58. The molecule has 1 amide bonds. The van der Waals surface area contributed by atoms with Gasteiger partial charge in [-0.25, -0.2) is 13.1 Å². The first-order chi connectivity index (χ1) is 12.5. The standard InChI is InChI=1S/C19H28N2O4S/c22-19(21-16-6-3-1-2-4-7-16)15-9-11-18(12-10-15)26(23,24)20-14-17-8-5-13-25-17/h9-12,16-17,20H,1-8,13-14H2,(H,21,22)/t17-/m0/s1. The third-order valence-corrected chi connectivity index (χ3v) is 6.58. The molecule has 1 aromatic rings. The van der Waals surface area contributed by atoms with Crippen molar-refractivity contribution in [3.05, 3.63) is 29.8 Å². The van der Waals surface area contributed by atoms with E-state index in [0.717, 1.165) is 38.5 Å². The number of amides is 1. The van der Waals surface area contributed by atoms with E-state index in [4.69, 9.17) is 4.74 Å². The van der Waals surface area contributed by atoms with Crippen LogP contribution in [0.15, 0.2) is 29.2 Å². The largest absolute Gasteiger partial charge is 0.377 e. The molecule has 1 saturated heterocycles. The van der Waals surface area contributed by atoms with Crippen LogP contribution in [0.5, 0.6) is 0 Å². The first kappa shape index (κ1) is 19.3. The molecule has 1 aliphatic heterocycles. The van der Waals surface area contributed by atoms with Gasteiger partial charge >= 0.3 is 0 Å². The molecule has 1 aromatic carbocycles. The van der Waals surface area contributed by atoms with Gasteiger partial charge in [0.05, 0.1) is 11.0 Å². The number of benzene rings is 1. The summed E-state index contributed by atoms with van der Waals surface area (Å²) in [4.78, 5) is 12.6. The summed E-state index contributed by atoms with van der Waals surface area (Å²) in [5.41, 5.74) is 0.493. The maximum absolute atomic E-state index is 12.4. The Hall–Kier alpha value is -1.44. The SMILES string of the molecule is O=C(NC1CCCCCC1)c1ccc(S(=O)(=O)NC[C@@H]2CCCO2)cc1. The smallest absolute Gasteiger partial charge is 0.251 e. The van der Waals surface area contributed by atoms with Gasteiger partial charge in [-0.1, -0.05) is 25.7 Å². The molecule has 26 heavy (non-hydrogen) atoms. The molecule has 1 heterocycles. The van der Waals surface area contributed by atoms with Crippen LogP contribution in [0.3, 0.4) is 0 Å². The van der Waals surface area contributed by atoms with E-state index in [2.05, 4.69) is 10.0 Å². The molecule has 0 spiro atoms. The van der Waals surface area contributed by atoms with Crippen molar-refractivity contribution >= 4 is 15.9 Å². The van der Waals surface area contributed by atoms with Crippen LogP contribution in [0.4, 0.5) is 0 Å². The molecule has 3 rings (SSSR count). The maximum Gasteiger partial charge on any atom is 0.251 e. The normalized spacial score (nSPS) is 22.1. The predicted octanol–water partition coefficient (Wildman–Crippen LogP) is 2.60. The topological polar surface area (TPSA) is 84.5 Å². The van der Waals surface area contributed by atoms with E-state index >= 15 is 0 Å². The highest BCUT2D eigenvalue weighted by molar-refractivity contribution is 7.89. The van der Waals surface area contributed by atoms with Gasteiger partial charge < -0.3 is 10.1 Å². The second-order valence-corrected chi connectivity index (χ2v) is 8.94. The number of carbonyl (C=O) groups excluding carboxylic acids is 1. The predicted molar refractivity (Wildman–Crippen MR) is 99.6 cm³/mol. The van der Waals surface area contributed by atoms with Gasteiger partial charge in [-0.15, -0.1) is 0 Å². The van der Waals surface area contributed by atoms with Crippen molar-refractivity contribution in [2.75, 3.05) is 13.2 Å². The Balaban J connectivity index is 1.57. The van der Waals surface area contributed by atoms with Crippen molar-refractivity contribution in [2.24, 2.45) is 0 Å². The maximum atomic E-state index is 12.4. The van der Waals surface area contributed by atoms with Gasteiger partial charge in [-0.05, 0) is 49.9 Å². The van der Waals surface area contributed by atoms with Crippen LogP contribution in [-0.4, -0.2) is 39.6 Å². The summed E-state index contributed by atoms with van der Waals surface area (Å²) >= 11 is 0. The highest BCUT2D eigenvalue weighted by Gasteiger charge is 2.21. The highest BCUT2D eigenvalue weighted by Crippen LogP contribution is 2.18. The Morgan fingerprint density at radius 3 is 2.31 bits per heavy atom. The quantitative estimate of drug-likeness (QED) is 0.743. The Morgan fingerprint density at radius 1 is 1.00 bits per heavy atom. The Bertz CT molecular complexity index is 689. The molecule has 0 bridgehead atoms. The van der Waals surface area contributed by atoms with Crippen molar-refractivity contribution in [1.29, 1.82) is 0 Å². The van der Waals surface area contributed by atoms with Gasteiger partial charge in [0.1, 0.15) is 0 Å². The van der Waals surface area contributed by atoms with Gasteiger partial charge in [0.2, 0.25) is 10.0 Å². The lowest BCUT2D eigenvalue weighted by molar-refractivity contribution is 0.0933. The van der Waals surface area contributed by atoms with E-state index in [9.17, 15) is 13.2 Å². The zero-order valence-corrected chi connectivity index (χ0v) is 15.9. The molecule has 1 atom stereocenters. The van der Waals surface area contributed by atoms with E-state index in [1.54, 1.807) is 12.1 Å². The van der Waals surface area contributed by atoms with Gasteiger partial charge in [0.15, 0.2) is 0 Å². The van der Waals surface area contributed by atoms with Crippen LogP contribution in [-0.2, 0) is 14.8 Å². The zero-order valence-electron chi connectivity index (χ0n) is 15.1. The summed E-state index contributed by atoms with van der Waals surface area (Å²) in [6.07, 6.45) is 8.61. The van der Waals surface area contributed by atoms with Crippen molar-refractivity contribution in [2.45, 2.75) is 68.4 Å². The molecule has 1 aliphatic carbocycles. The van der Waals surface area contributed by atoms with Gasteiger partial charge in [0.25, 0.3) is 5.91 Å². The minimum atomic E-state index is -3.58. The van der Waals surface area contributed by atoms with E-state index in [1.165, 1.54) is 25.0 Å².